The average molecular weight is 207 g/mol. The van der Waals surface area contributed by atoms with Crippen LogP contribution in [0.15, 0.2) is 0 Å². The van der Waals surface area contributed by atoms with Gasteiger partial charge in [0.15, 0.2) is 5.38 Å². The largest absolute Gasteiger partial charge is 0.480 e. The number of aliphatic carboxylic acids is 1. The van der Waals surface area contributed by atoms with E-state index in [1.54, 1.807) is 0 Å². The molecular weight excluding hydrogens is 192 g/mol. The minimum atomic E-state index is -1.01. The zero-order valence-electron chi connectivity index (χ0n) is 7.54. The Labute approximate surface area is 83.0 Å². The van der Waals surface area contributed by atoms with E-state index in [1.807, 2.05) is 0 Å². The Morgan fingerprint density at radius 3 is 2.69 bits per heavy atom. The first-order chi connectivity index (χ1) is 6.20. The molecule has 0 aromatic carbocycles. The van der Waals surface area contributed by atoms with Crippen molar-refractivity contribution < 1.29 is 14.6 Å². The van der Waals surface area contributed by atoms with Gasteiger partial charge in [0.05, 0.1) is 6.61 Å². The zero-order chi connectivity index (χ0) is 9.68. The van der Waals surface area contributed by atoms with Crippen LogP contribution in [0.3, 0.4) is 0 Å². The highest BCUT2D eigenvalue weighted by Gasteiger charge is 2.17. The molecule has 1 aliphatic rings. The second-order valence-electron chi connectivity index (χ2n) is 3.49. The predicted octanol–water partition coefficient (Wildman–Crippen LogP) is 1.89. The fourth-order valence-electron chi connectivity index (χ4n) is 1.59. The van der Waals surface area contributed by atoms with Crippen molar-refractivity contribution in [3.8, 4) is 0 Å². The van der Waals surface area contributed by atoms with Crippen molar-refractivity contribution in [1.82, 2.24) is 0 Å². The molecule has 0 spiro atoms. The van der Waals surface area contributed by atoms with E-state index >= 15 is 0 Å². The van der Waals surface area contributed by atoms with Crippen molar-refractivity contribution in [1.29, 1.82) is 0 Å². The van der Waals surface area contributed by atoms with Gasteiger partial charge in [0, 0.05) is 6.61 Å². The van der Waals surface area contributed by atoms with Crippen LogP contribution in [0.4, 0.5) is 0 Å². The summed E-state index contributed by atoms with van der Waals surface area (Å²) in [7, 11) is 0. The lowest BCUT2D eigenvalue weighted by atomic mass is 10.1. The van der Waals surface area contributed by atoms with E-state index in [4.69, 9.17) is 21.4 Å². The van der Waals surface area contributed by atoms with E-state index in [0.29, 0.717) is 12.5 Å². The van der Waals surface area contributed by atoms with Gasteiger partial charge in [-0.1, -0.05) is 12.8 Å². The standard InChI is InChI=1S/C9H15ClO3/c10-8(9(11)12)6-13-5-7-3-1-2-4-7/h7-8H,1-6H2,(H,11,12). The summed E-state index contributed by atoms with van der Waals surface area (Å²) in [6.07, 6.45) is 4.97. The summed E-state index contributed by atoms with van der Waals surface area (Å²) in [5.41, 5.74) is 0. The molecule has 76 valence electrons. The molecule has 0 saturated heterocycles. The van der Waals surface area contributed by atoms with Gasteiger partial charge in [-0.3, -0.25) is 4.79 Å². The highest BCUT2D eigenvalue weighted by atomic mass is 35.5. The molecule has 1 unspecified atom stereocenters. The quantitative estimate of drug-likeness (QED) is 0.699. The molecule has 0 bridgehead atoms. The van der Waals surface area contributed by atoms with Gasteiger partial charge in [0.1, 0.15) is 0 Å². The van der Waals surface area contributed by atoms with Gasteiger partial charge in [-0.25, -0.2) is 0 Å². The van der Waals surface area contributed by atoms with Crippen molar-refractivity contribution in [3.05, 3.63) is 0 Å². The molecule has 1 aliphatic carbocycles. The first-order valence-electron chi connectivity index (χ1n) is 4.64. The summed E-state index contributed by atoms with van der Waals surface area (Å²) in [5.74, 6) is -0.384. The van der Waals surface area contributed by atoms with Crippen molar-refractivity contribution in [3.63, 3.8) is 0 Å². The molecule has 0 aliphatic heterocycles. The maximum atomic E-state index is 10.3. The third-order valence-corrected chi connectivity index (χ3v) is 2.67. The molecule has 1 saturated carbocycles. The predicted molar refractivity (Wildman–Crippen MR) is 50.1 cm³/mol. The van der Waals surface area contributed by atoms with Crippen molar-refractivity contribution >= 4 is 17.6 Å². The molecular formula is C9H15ClO3. The van der Waals surface area contributed by atoms with Crippen LogP contribution in [0.2, 0.25) is 0 Å². The van der Waals surface area contributed by atoms with Gasteiger partial charge in [-0.15, -0.1) is 11.6 Å². The third-order valence-electron chi connectivity index (χ3n) is 2.36. The van der Waals surface area contributed by atoms with Gasteiger partial charge in [0.25, 0.3) is 0 Å². The molecule has 0 aromatic heterocycles. The lowest BCUT2D eigenvalue weighted by molar-refractivity contribution is -0.137. The van der Waals surface area contributed by atoms with Gasteiger partial charge >= 0.3 is 5.97 Å². The van der Waals surface area contributed by atoms with E-state index < -0.39 is 11.3 Å². The van der Waals surface area contributed by atoms with Crippen LogP contribution < -0.4 is 0 Å². The van der Waals surface area contributed by atoms with Crippen molar-refractivity contribution in [2.75, 3.05) is 13.2 Å². The number of carboxylic acid groups (broad SMARTS) is 1. The minimum absolute atomic E-state index is 0.118. The fraction of sp³-hybridized carbons (Fsp3) is 0.889. The van der Waals surface area contributed by atoms with Crippen LogP contribution in [0, 0.1) is 5.92 Å². The van der Waals surface area contributed by atoms with Crippen LogP contribution in [-0.2, 0) is 9.53 Å². The summed E-state index contributed by atoms with van der Waals surface area (Å²) in [6.45, 7) is 0.782. The van der Waals surface area contributed by atoms with Gasteiger partial charge in [0.2, 0.25) is 0 Å². The van der Waals surface area contributed by atoms with Gasteiger partial charge in [-0.2, -0.15) is 0 Å². The molecule has 0 heterocycles. The highest BCUT2D eigenvalue weighted by molar-refractivity contribution is 6.29. The topological polar surface area (TPSA) is 46.5 Å². The monoisotopic (exact) mass is 206 g/mol. The molecule has 4 heteroatoms. The maximum absolute atomic E-state index is 10.3. The Balaban J connectivity index is 2.02. The number of carboxylic acids is 1. The summed E-state index contributed by atoms with van der Waals surface area (Å²) in [5, 5.41) is 7.56. The van der Waals surface area contributed by atoms with E-state index in [-0.39, 0.29) is 6.61 Å². The Kier molecular flexibility index (Phi) is 4.53. The molecule has 0 radical (unpaired) electrons. The van der Waals surface area contributed by atoms with Crippen molar-refractivity contribution in [2.45, 2.75) is 31.1 Å². The second kappa shape index (κ2) is 5.45. The number of carbonyl (C=O) groups is 1. The minimum Gasteiger partial charge on any atom is -0.480 e. The number of halogens is 1. The SMILES string of the molecule is O=C(O)C(Cl)COCC1CCCC1. The molecule has 1 rings (SSSR count). The van der Waals surface area contributed by atoms with Gasteiger partial charge < -0.3 is 9.84 Å². The molecule has 0 amide bonds. The molecule has 1 N–H and O–H groups in total. The van der Waals surface area contributed by atoms with Gasteiger partial charge in [-0.05, 0) is 18.8 Å². The third kappa shape index (κ3) is 3.96. The van der Waals surface area contributed by atoms with Crippen LogP contribution in [0.5, 0.6) is 0 Å². The molecule has 1 atom stereocenters. The van der Waals surface area contributed by atoms with E-state index in [9.17, 15) is 4.79 Å². The van der Waals surface area contributed by atoms with Crippen LogP contribution >= 0.6 is 11.6 Å². The summed E-state index contributed by atoms with van der Waals surface area (Å²) < 4.78 is 5.23. The number of alkyl halides is 1. The van der Waals surface area contributed by atoms with Crippen LogP contribution in [0.25, 0.3) is 0 Å². The summed E-state index contributed by atoms with van der Waals surface area (Å²) in [4.78, 5) is 10.3. The summed E-state index contributed by atoms with van der Waals surface area (Å²) in [6, 6.07) is 0. The first kappa shape index (κ1) is 10.8. The van der Waals surface area contributed by atoms with E-state index in [2.05, 4.69) is 0 Å². The highest BCUT2D eigenvalue weighted by Crippen LogP contribution is 2.24. The number of rotatable bonds is 5. The first-order valence-corrected chi connectivity index (χ1v) is 5.08. The van der Waals surface area contributed by atoms with Crippen LogP contribution in [0.1, 0.15) is 25.7 Å². The normalized spacial score (nSPS) is 20.4. The van der Waals surface area contributed by atoms with Crippen molar-refractivity contribution in [2.24, 2.45) is 5.92 Å². The Morgan fingerprint density at radius 2 is 2.15 bits per heavy atom. The molecule has 0 aromatic rings. The Bertz CT molecular complexity index is 166. The fourth-order valence-corrected chi connectivity index (χ4v) is 1.68. The van der Waals surface area contributed by atoms with Crippen LogP contribution in [-0.4, -0.2) is 29.7 Å². The summed E-state index contributed by atoms with van der Waals surface area (Å²) >= 11 is 5.48. The Morgan fingerprint density at radius 1 is 1.54 bits per heavy atom. The smallest absolute Gasteiger partial charge is 0.324 e. The molecule has 1 fully saturated rings. The second-order valence-corrected chi connectivity index (χ2v) is 4.02. The number of hydrogen-bond donors (Lipinski definition) is 1. The lowest BCUT2D eigenvalue weighted by Gasteiger charge is -2.10. The Hall–Kier alpha value is -0.280. The molecule has 3 nitrogen and oxygen atoms in total. The van der Waals surface area contributed by atoms with E-state index in [0.717, 1.165) is 0 Å². The average Bonchev–Trinajstić information content (AvgIpc) is 2.56. The lowest BCUT2D eigenvalue weighted by Crippen LogP contribution is -2.21. The van der Waals surface area contributed by atoms with E-state index in [1.165, 1.54) is 25.7 Å². The molecule has 13 heavy (non-hydrogen) atoms. The number of hydrogen-bond acceptors (Lipinski definition) is 2. The zero-order valence-corrected chi connectivity index (χ0v) is 8.29. The maximum Gasteiger partial charge on any atom is 0.324 e. The number of ether oxygens (including phenoxy) is 1.